The second-order valence-electron chi connectivity index (χ2n) is 8.11. The molecular formula is C26H24N2O2. The van der Waals surface area contributed by atoms with Crippen LogP contribution in [0.15, 0.2) is 72.8 Å². The zero-order valence-corrected chi connectivity index (χ0v) is 16.8. The van der Waals surface area contributed by atoms with Gasteiger partial charge in [-0.05, 0) is 65.8 Å². The third-order valence-electron chi connectivity index (χ3n) is 6.20. The number of rotatable bonds is 3. The summed E-state index contributed by atoms with van der Waals surface area (Å²) in [5.74, 6) is -0.245. The molecule has 150 valence electrons. The Kier molecular flexibility index (Phi) is 4.83. The fraction of sp³-hybridized carbons (Fsp3) is 0.231. The van der Waals surface area contributed by atoms with E-state index in [2.05, 4.69) is 23.5 Å². The number of benzene rings is 3. The molecule has 0 bridgehead atoms. The highest BCUT2D eigenvalue weighted by molar-refractivity contribution is 6.01. The van der Waals surface area contributed by atoms with Gasteiger partial charge in [-0.15, -0.1) is 0 Å². The van der Waals surface area contributed by atoms with Crippen LogP contribution in [0.2, 0.25) is 0 Å². The molecule has 1 N–H and O–H groups in total. The third-order valence-corrected chi connectivity index (χ3v) is 6.20. The minimum absolute atomic E-state index is 0.112. The van der Waals surface area contributed by atoms with Crippen LogP contribution in [0.4, 0.5) is 5.69 Å². The van der Waals surface area contributed by atoms with Crippen molar-refractivity contribution in [2.24, 2.45) is 0 Å². The van der Waals surface area contributed by atoms with Crippen molar-refractivity contribution < 1.29 is 9.59 Å². The van der Waals surface area contributed by atoms with Gasteiger partial charge in [-0.25, -0.2) is 0 Å². The first-order valence-electron chi connectivity index (χ1n) is 10.5. The van der Waals surface area contributed by atoms with E-state index in [4.69, 9.17) is 0 Å². The van der Waals surface area contributed by atoms with Gasteiger partial charge in [0.15, 0.2) is 0 Å². The number of anilines is 1. The van der Waals surface area contributed by atoms with E-state index in [-0.39, 0.29) is 11.8 Å². The van der Waals surface area contributed by atoms with Gasteiger partial charge < -0.3 is 10.2 Å². The quantitative estimate of drug-likeness (QED) is 0.714. The summed E-state index contributed by atoms with van der Waals surface area (Å²) in [6.07, 6.45) is 3.87. The highest BCUT2D eigenvalue weighted by Crippen LogP contribution is 2.28. The molecule has 0 spiro atoms. The van der Waals surface area contributed by atoms with Crippen LogP contribution in [0.3, 0.4) is 0 Å². The van der Waals surface area contributed by atoms with Gasteiger partial charge >= 0.3 is 0 Å². The molecule has 1 unspecified atom stereocenters. The highest BCUT2D eigenvalue weighted by atomic mass is 16.2. The van der Waals surface area contributed by atoms with E-state index < -0.39 is 6.04 Å². The lowest BCUT2D eigenvalue weighted by Gasteiger charge is -2.36. The Hall–Kier alpha value is -3.40. The maximum absolute atomic E-state index is 13.3. The van der Waals surface area contributed by atoms with Crippen molar-refractivity contribution in [2.75, 3.05) is 5.32 Å². The Morgan fingerprint density at radius 1 is 0.800 bits per heavy atom. The molecule has 1 atom stereocenters. The van der Waals surface area contributed by atoms with E-state index in [1.54, 1.807) is 17.0 Å². The Bertz CT molecular complexity index is 1110. The second kappa shape index (κ2) is 7.79. The van der Waals surface area contributed by atoms with Gasteiger partial charge in [0, 0.05) is 24.2 Å². The van der Waals surface area contributed by atoms with E-state index in [0.717, 1.165) is 29.7 Å². The summed E-state index contributed by atoms with van der Waals surface area (Å²) < 4.78 is 0. The van der Waals surface area contributed by atoms with Crippen molar-refractivity contribution >= 4 is 17.5 Å². The number of nitrogens with one attached hydrogen (secondary N) is 1. The Balaban J connectivity index is 1.44. The molecule has 0 radical (unpaired) electrons. The molecule has 5 rings (SSSR count). The highest BCUT2D eigenvalue weighted by Gasteiger charge is 2.35. The number of fused-ring (bicyclic) bond motifs is 2. The number of amides is 2. The third kappa shape index (κ3) is 3.50. The average Bonchev–Trinajstić information content (AvgIpc) is 3.26. The van der Waals surface area contributed by atoms with Crippen molar-refractivity contribution in [1.82, 2.24) is 4.90 Å². The summed E-state index contributed by atoms with van der Waals surface area (Å²) in [4.78, 5) is 28.3. The van der Waals surface area contributed by atoms with Crippen LogP contribution in [0, 0.1) is 0 Å². The maximum atomic E-state index is 13.3. The van der Waals surface area contributed by atoms with Gasteiger partial charge in [0.2, 0.25) is 5.91 Å². The summed E-state index contributed by atoms with van der Waals surface area (Å²) in [5, 5.41) is 3.08. The maximum Gasteiger partial charge on any atom is 0.254 e. The van der Waals surface area contributed by atoms with Crippen LogP contribution in [0.5, 0.6) is 0 Å². The number of carbonyl (C=O) groups is 2. The Labute approximate surface area is 176 Å². The molecule has 0 saturated carbocycles. The molecule has 4 heteroatoms. The van der Waals surface area contributed by atoms with Gasteiger partial charge in [0.25, 0.3) is 5.91 Å². The van der Waals surface area contributed by atoms with Gasteiger partial charge in [-0.3, -0.25) is 9.59 Å². The number of hydrogen-bond donors (Lipinski definition) is 1. The minimum atomic E-state index is -0.541. The molecule has 2 aliphatic rings. The first-order chi connectivity index (χ1) is 14.7. The summed E-state index contributed by atoms with van der Waals surface area (Å²) in [5.41, 5.74) is 6.34. The molecule has 0 aromatic heterocycles. The monoisotopic (exact) mass is 396 g/mol. The van der Waals surface area contributed by atoms with Crippen molar-refractivity contribution in [3.8, 4) is 0 Å². The van der Waals surface area contributed by atoms with E-state index in [0.29, 0.717) is 18.5 Å². The van der Waals surface area contributed by atoms with Gasteiger partial charge in [0.05, 0.1) is 0 Å². The van der Waals surface area contributed by atoms with Crippen LogP contribution < -0.4 is 5.32 Å². The number of nitrogens with zero attached hydrogens (tertiary/aromatic N) is 1. The summed E-state index contributed by atoms with van der Waals surface area (Å²) in [6, 6.07) is 22.9. The van der Waals surface area contributed by atoms with E-state index in [9.17, 15) is 9.59 Å². The summed E-state index contributed by atoms with van der Waals surface area (Å²) >= 11 is 0. The van der Waals surface area contributed by atoms with Gasteiger partial charge in [0.1, 0.15) is 6.04 Å². The number of carbonyl (C=O) groups excluding carboxylic acids is 2. The topological polar surface area (TPSA) is 49.4 Å². The normalized spacial score (nSPS) is 17.2. The molecule has 30 heavy (non-hydrogen) atoms. The molecule has 2 amide bonds. The van der Waals surface area contributed by atoms with Crippen LogP contribution in [-0.4, -0.2) is 22.8 Å². The van der Waals surface area contributed by atoms with Gasteiger partial charge in [-0.1, -0.05) is 48.5 Å². The first-order valence-corrected chi connectivity index (χ1v) is 10.5. The van der Waals surface area contributed by atoms with Crippen LogP contribution in [0.1, 0.15) is 39.0 Å². The smallest absolute Gasteiger partial charge is 0.254 e. The Morgan fingerprint density at radius 2 is 1.53 bits per heavy atom. The van der Waals surface area contributed by atoms with Crippen molar-refractivity contribution in [2.45, 2.75) is 38.3 Å². The van der Waals surface area contributed by atoms with E-state index >= 15 is 0 Å². The zero-order valence-electron chi connectivity index (χ0n) is 16.8. The standard InChI is InChI=1S/C26H24N2O2/c29-25(27-23-14-13-18-11-6-12-20(18)15-23)24-16-21-9-4-5-10-22(21)17-28(24)26(30)19-7-2-1-3-8-19/h1-5,7-10,13-15,24H,6,11-12,16-17H2,(H,27,29). The molecule has 0 saturated heterocycles. The summed E-state index contributed by atoms with van der Waals surface area (Å²) in [7, 11) is 0. The molecule has 4 nitrogen and oxygen atoms in total. The molecule has 1 aliphatic heterocycles. The lowest BCUT2D eigenvalue weighted by molar-refractivity contribution is -0.121. The summed E-state index contributed by atoms with van der Waals surface area (Å²) in [6.45, 7) is 0.437. The van der Waals surface area contributed by atoms with Crippen molar-refractivity contribution in [1.29, 1.82) is 0 Å². The lowest BCUT2D eigenvalue weighted by atomic mass is 9.92. The molecular weight excluding hydrogens is 372 g/mol. The molecule has 0 fully saturated rings. The zero-order chi connectivity index (χ0) is 20.5. The predicted molar refractivity (Wildman–Crippen MR) is 117 cm³/mol. The van der Waals surface area contributed by atoms with E-state index in [1.165, 1.54) is 17.5 Å². The SMILES string of the molecule is O=C(Nc1ccc2c(c1)CCC2)C1Cc2ccccc2CN1C(=O)c1ccccc1. The molecule has 3 aromatic rings. The largest absolute Gasteiger partial charge is 0.324 e. The van der Waals surface area contributed by atoms with Crippen molar-refractivity contribution in [3.05, 3.63) is 101 Å². The number of aryl methyl sites for hydroxylation is 2. The minimum Gasteiger partial charge on any atom is -0.324 e. The molecule has 1 heterocycles. The van der Waals surface area contributed by atoms with Gasteiger partial charge in [-0.2, -0.15) is 0 Å². The predicted octanol–water partition coefficient (Wildman–Crippen LogP) is 4.38. The Morgan fingerprint density at radius 3 is 2.37 bits per heavy atom. The fourth-order valence-corrected chi connectivity index (χ4v) is 4.59. The first kappa shape index (κ1) is 18.6. The molecule has 3 aromatic carbocycles. The van der Waals surface area contributed by atoms with Crippen LogP contribution >= 0.6 is 0 Å². The average molecular weight is 396 g/mol. The van der Waals surface area contributed by atoms with E-state index in [1.807, 2.05) is 42.5 Å². The second-order valence-corrected chi connectivity index (χ2v) is 8.11. The molecule has 1 aliphatic carbocycles. The van der Waals surface area contributed by atoms with Crippen molar-refractivity contribution in [3.63, 3.8) is 0 Å². The number of hydrogen-bond acceptors (Lipinski definition) is 2. The fourth-order valence-electron chi connectivity index (χ4n) is 4.59. The van der Waals surface area contributed by atoms with Crippen LogP contribution in [0.25, 0.3) is 0 Å². The lowest BCUT2D eigenvalue weighted by Crippen LogP contribution is -2.50. The van der Waals surface area contributed by atoms with Crippen LogP contribution in [-0.2, 0) is 30.6 Å².